The summed E-state index contributed by atoms with van der Waals surface area (Å²) in [5, 5.41) is 3.09. The van der Waals surface area contributed by atoms with Gasteiger partial charge in [-0.05, 0) is 56.5 Å². The van der Waals surface area contributed by atoms with E-state index >= 15 is 0 Å². The van der Waals surface area contributed by atoms with E-state index in [2.05, 4.69) is 41.1 Å². The van der Waals surface area contributed by atoms with Crippen molar-refractivity contribution >= 4 is 5.91 Å². The van der Waals surface area contributed by atoms with Crippen LogP contribution in [0.15, 0.2) is 42.5 Å². The highest BCUT2D eigenvalue weighted by Crippen LogP contribution is 2.32. The molecule has 6 heteroatoms. The van der Waals surface area contributed by atoms with Gasteiger partial charge >= 0.3 is 0 Å². The van der Waals surface area contributed by atoms with Crippen molar-refractivity contribution in [2.75, 3.05) is 40.5 Å². The molecule has 35 heavy (non-hydrogen) atoms. The van der Waals surface area contributed by atoms with E-state index < -0.39 is 0 Å². The first-order valence-electron chi connectivity index (χ1n) is 12.5. The summed E-state index contributed by atoms with van der Waals surface area (Å²) in [5.74, 6) is 7.18. The fraction of sp³-hybridized carbons (Fsp3) is 0.483. The van der Waals surface area contributed by atoms with Gasteiger partial charge in [-0.15, -0.1) is 0 Å². The molecule has 6 nitrogen and oxygen atoms in total. The lowest BCUT2D eigenvalue weighted by Crippen LogP contribution is -2.40. The van der Waals surface area contributed by atoms with E-state index in [4.69, 9.17) is 14.2 Å². The third kappa shape index (κ3) is 8.02. The molecule has 1 aliphatic heterocycles. The van der Waals surface area contributed by atoms with E-state index in [1.807, 2.05) is 24.3 Å². The van der Waals surface area contributed by atoms with Crippen LogP contribution in [-0.4, -0.2) is 57.3 Å². The molecule has 0 aromatic heterocycles. The minimum atomic E-state index is -0.165. The molecule has 1 aliphatic rings. The first kappa shape index (κ1) is 26.6. The van der Waals surface area contributed by atoms with Gasteiger partial charge in [-0.1, -0.05) is 49.1 Å². The van der Waals surface area contributed by atoms with Crippen LogP contribution in [0.3, 0.4) is 0 Å². The number of likely N-dealkylation sites (N-methyl/N-ethyl adjacent to an activating group) is 1. The minimum Gasteiger partial charge on any atom is -0.493 e. The van der Waals surface area contributed by atoms with Crippen molar-refractivity contribution in [3.8, 4) is 23.3 Å². The van der Waals surface area contributed by atoms with E-state index in [1.165, 1.54) is 12.0 Å². The molecular formula is C29H38N2O4. The number of methoxy groups -OCH3 is 2. The largest absolute Gasteiger partial charge is 0.493 e. The van der Waals surface area contributed by atoms with Gasteiger partial charge in [0.25, 0.3) is 5.91 Å². The van der Waals surface area contributed by atoms with Crippen LogP contribution in [-0.2, 0) is 11.3 Å². The number of ether oxygens (including phenoxy) is 3. The smallest absolute Gasteiger partial charge is 0.255 e. The van der Waals surface area contributed by atoms with Gasteiger partial charge in [0.15, 0.2) is 11.5 Å². The van der Waals surface area contributed by atoms with Gasteiger partial charge in [-0.3, -0.25) is 9.69 Å². The lowest BCUT2D eigenvalue weighted by molar-refractivity contribution is 0.0937. The number of hydrogen-bond acceptors (Lipinski definition) is 5. The lowest BCUT2D eigenvalue weighted by Gasteiger charge is -2.23. The summed E-state index contributed by atoms with van der Waals surface area (Å²) in [7, 11) is 3.12. The number of nitrogens with one attached hydrogen (secondary N) is 1. The second-order valence-corrected chi connectivity index (χ2v) is 8.69. The topological polar surface area (TPSA) is 60.0 Å². The monoisotopic (exact) mass is 478 g/mol. The summed E-state index contributed by atoms with van der Waals surface area (Å²) < 4.78 is 16.7. The Balaban J connectivity index is 1.53. The summed E-state index contributed by atoms with van der Waals surface area (Å²) >= 11 is 0. The Kier molecular flexibility index (Phi) is 10.9. The van der Waals surface area contributed by atoms with E-state index in [9.17, 15) is 4.79 Å². The van der Waals surface area contributed by atoms with Crippen molar-refractivity contribution in [2.45, 2.75) is 51.7 Å². The number of carbonyl (C=O) groups excluding carboxylic acids is 1. The zero-order chi connectivity index (χ0) is 24.9. The Hall–Kier alpha value is -3.01. The highest BCUT2D eigenvalue weighted by Gasteiger charge is 2.24. The summed E-state index contributed by atoms with van der Waals surface area (Å²) in [5.41, 5.74) is 2.38. The molecule has 1 heterocycles. The van der Waals surface area contributed by atoms with Gasteiger partial charge in [-0.25, -0.2) is 0 Å². The molecule has 0 aliphatic carbocycles. The molecular weight excluding hydrogens is 440 g/mol. The summed E-state index contributed by atoms with van der Waals surface area (Å²) in [4.78, 5) is 15.5. The Morgan fingerprint density at radius 1 is 1.14 bits per heavy atom. The predicted octanol–water partition coefficient (Wildman–Crippen LogP) is 4.66. The fourth-order valence-corrected chi connectivity index (χ4v) is 4.40. The Labute approximate surface area is 209 Å². The molecule has 1 N–H and O–H groups in total. The maximum atomic E-state index is 13.0. The van der Waals surface area contributed by atoms with Crippen LogP contribution in [0.4, 0.5) is 0 Å². The first-order valence-corrected chi connectivity index (χ1v) is 12.5. The van der Waals surface area contributed by atoms with Crippen LogP contribution >= 0.6 is 0 Å². The maximum absolute atomic E-state index is 13.0. The molecule has 0 spiro atoms. The SMILES string of the molecule is CCN1CCC[C@H]1CNC(=O)c1cc(C#CCCCCOCc2ccccc2)cc(OC)c1OC. The quantitative estimate of drug-likeness (QED) is 0.355. The van der Waals surface area contributed by atoms with Crippen molar-refractivity contribution in [1.82, 2.24) is 10.2 Å². The summed E-state index contributed by atoms with van der Waals surface area (Å²) in [6.07, 6.45) is 4.96. The van der Waals surface area contributed by atoms with Crippen LogP contribution in [0, 0.1) is 11.8 Å². The predicted molar refractivity (Wildman–Crippen MR) is 139 cm³/mol. The third-order valence-electron chi connectivity index (χ3n) is 6.31. The van der Waals surface area contributed by atoms with E-state index in [0.717, 1.165) is 44.3 Å². The average molecular weight is 479 g/mol. The van der Waals surface area contributed by atoms with E-state index in [-0.39, 0.29) is 5.91 Å². The molecule has 1 saturated heterocycles. The average Bonchev–Trinajstić information content (AvgIpc) is 3.36. The zero-order valence-electron chi connectivity index (χ0n) is 21.3. The molecule has 0 bridgehead atoms. The third-order valence-corrected chi connectivity index (χ3v) is 6.31. The Morgan fingerprint density at radius 3 is 2.71 bits per heavy atom. The minimum absolute atomic E-state index is 0.165. The first-order chi connectivity index (χ1) is 17.2. The highest BCUT2D eigenvalue weighted by atomic mass is 16.5. The van der Waals surface area contributed by atoms with Crippen molar-refractivity contribution in [2.24, 2.45) is 0 Å². The lowest BCUT2D eigenvalue weighted by atomic mass is 10.1. The summed E-state index contributed by atoms with van der Waals surface area (Å²) in [6, 6.07) is 14.2. The maximum Gasteiger partial charge on any atom is 0.255 e. The van der Waals surface area contributed by atoms with Crippen LogP contribution in [0.1, 0.15) is 60.5 Å². The van der Waals surface area contributed by atoms with Crippen molar-refractivity contribution in [3.63, 3.8) is 0 Å². The van der Waals surface area contributed by atoms with Crippen LogP contribution in [0.5, 0.6) is 11.5 Å². The molecule has 2 aromatic rings. The molecule has 2 aromatic carbocycles. The van der Waals surface area contributed by atoms with E-state index in [1.54, 1.807) is 20.3 Å². The van der Waals surface area contributed by atoms with Gasteiger partial charge in [0.05, 0.1) is 26.4 Å². The van der Waals surface area contributed by atoms with Gasteiger partial charge in [-0.2, -0.15) is 0 Å². The number of hydrogen-bond donors (Lipinski definition) is 1. The van der Waals surface area contributed by atoms with Crippen molar-refractivity contribution in [1.29, 1.82) is 0 Å². The summed E-state index contributed by atoms with van der Waals surface area (Å²) in [6.45, 7) is 6.24. The normalized spacial score (nSPS) is 15.3. The Morgan fingerprint density at radius 2 is 1.97 bits per heavy atom. The zero-order valence-corrected chi connectivity index (χ0v) is 21.3. The molecule has 1 amide bonds. The highest BCUT2D eigenvalue weighted by molar-refractivity contribution is 5.98. The molecule has 188 valence electrons. The number of amides is 1. The second kappa shape index (κ2) is 14.4. The molecule has 1 atom stereocenters. The van der Waals surface area contributed by atoms with E-state index in [0.29, 0.717) is 42.9 Å². The number of carbonyl (C=O) groups is 1. The Bertz CT molecular complexity index is 997. The number of nitrogens with zero attached hydrogens (tertiary/aromatic N) is 1. The molecule has 0 unspecified atom stereocenters. The van der Waals surface area contributed by atoms with Gasteiger partial charge in [0, 0.05) is 31.2 Å². The molecule has 0 saturated carbocycles. The van der Waals surface area contributed by atoms with Gasteiger partial charge < -0.3 is 19.5 Å². The number of rotatable bonds is 12. The number of likely N-dealkylation sites (tertiary alicyclic amines) is 1. The van der Waals surface area contributed by atoms with Gasteiger partial charge in [0.1, 0.15) is 0 Å². The molecule has 3 rings (SSSR count). The van der Waals surface area contributed by atoms with Crippen LogP contribution < -0.4 is 14.8 Å². The van der Waals surface area contributed by atoms with Gasteiger partial charge in [0.2, 0.25) is 0 Å². The fourth-order valence-electron chi connectivity index (χ4n) is 4.40. The van der Waals surface area contributed by atoms with Crippen LogP contribution in [0.25, 0.3) is 0 Å². The van der Waals surface area contributed by atoms with Crippen molar-refractivity contribution in [3.05, 3.63) is 59.2 Å². The standard InChI is InChI=1S/C29H38N2O4/c1-4-31-17-12-16-25(31)21-30-29(32)26-19-24(20-27(33-2)28(26)34-3)15-8-5-6-11-18-35-22-23-13-9-7-10-14-23/h7,9-10,13-14,19-20,25H,4-6,11-12,16-18,21-22H2,1-3H3,(H,30,32)/t25-/m0/s1. The molecule has 1 fully saturated rings. The number of benzene rings is 2. The van der Waals surface area contributed by atoms with Crippen molar-refractivity contribution < 1.29 is 19.0 Å². The number of unbranched alkanes of at least 4 members (excludes halogenated alkanes) is 2. The second-order valence-electron chi connectivity index (χ2n) is 8.69. The molecule has 0 radical (unpaired) electrons. The van der Waals surface area contributed by atoms with Crippen LogP contribution in [0.2, 0.25) is 0 Å².